The number of para-hydroxylation sites is 4. The Balaban J connectivity index is 0.000000238. The SMILES string of the molecule is CCOC(=O)c1nn(-c2ccc(OC)cc2)c(O)c1C=Nc1ccccc1O.CCc1nn(-c2ccc(CO)cc2)c(O)c1C=Nc1ccccc1O.[Co]. The molecular weight excluding hydrogens is 739 g/mol. The molecule has 1 radical (unpaired) electrons. The molecule has 14 nitrogen and oxygen atoms in total. The Kier molecular flexibility index (Phi) is 14.1. The van der Waals surface area contributed by atoms with E-state index in [1.165, 1.54) is 27.9 Å². The molecule has 0 aliphatic rings. The van der Waals surface area contributed by atoms with Crippen LogP contribution in [0.4, 0.5) is 11.4 Å². The number of carbonyl (C=O) groups excluding carboxylic acids is 1. The molecule has 5 N–H and O–H groups in total. The summed E-state index contributed by atoms with van der Waals surface area (Å²) in [5.74, 6) is -0.312. The van der Waals surface area contributed by atoms with Gasteiger partial charge in [0.25, 0.3) is 0 Å². The number of aromatic nitrogens is 4. The van der Waals surface area contributed by atoms with Crippen molar-refractivity contribution in [2.24, 2.45) is 9.98 Å². The van der Waals surface area contributed by atoms with Gasteiger partial charge in [-0.1, -0.05) is 43.3 Å². The van der Waals surface area contributed by atoms with Crippen molar-refractivity contribution in [1.29, 1.82) is 0 Å². The number of hydrogen-bond donors (Lipinski definition) is 5. The number of ether oxygens (including phenoxy) is 2. The third-order valence-electron chi connectivity index (χ3n) is 7.78. The molecule has 6 aromatic rings. The van der Waals surface area contributed by atoms with Crippen LogP contribution < -0.4 is 4.74 Å². The number of phenols is 2. The molecule has 0 saturated carbocycles. The average molecular weight is 778 g/mol. The van der Waals surface area contributed by atoms with E-state index in [2.05, 4.69) is 20.2 Å². The molecule has 0 bridgehead atoms. The van der Waals surface area contributed by atoms with Crippen molar-refractivity contribution in [2.75, 3.05) is 13.7 Å². The van der Waals surface area contributed by atoms with Crippen molar-refractivity contribution in [2.45, 2.75) is 26.9 Å². The summed E-state index contributed by atoms with van der Waals surface area (Å²) >= 11 is 0. The Morgan fingerprint density at radius 1 is 0.722 bits per heavy atom. The number of aliphatic imine (C=N–C) groups is 2. The van der Waals surface area contributed by atoms with Gasteiger partial charge in [0.15, 0.2) is 5.69 Å². The standard InChI is InChI=1S/C20H19N3O5.C19H19N3O3.Co/c1-3-28-20(26)18-15(12-21-16-6-4-5-7-17(16)24)19(25)23(22-18)13-8-10-14(27-2)11-9-13;1-2-16-15(11-20-17-5-3-4-6-18(17)24)19(25)22(21-16)14-9-7-13(12-23)8-10-14;/h4-12,24-25H,3H2,1-2H3;3-11,23-25H,2,12H2,1H3;. The molecule has 0 saturated heterocycles. The van der Waals surface area contributed by atoms with E-state index < -0.39 is 5.97 Å². The average Bonchev–Trinajstić information content (AvgIpc) is 3.69. The van der Waals surface area contributed by atoms with Crippen LogP contribution in [0.25, 0.3) is 11.4 Å². The Labute approximate surface area is 321 Å². The molecule has 2 heterocycles. The van der Waals surface area contributed by atoms with Crippen molar-refractivity contribution >= 4 is 29.8 Å². The van der Waals surface area contributed by atoms with Crippen LogP contribution in [0.15, 0.2) is 107 Å². The third kappa shape index (κ3) is 9.32. The molecule has 0 unspecified atom stereocenters. The summed E-state index contributed by atoms with van der Waals surface area (Å²) in [6.45, 7) is 3.74. The molecular formula is C39H38CoN6O8. The molecule has 4 aromatic carbocycles. The van der Waals surface area contributed by atoms with Gasteiger partial charge >= 0.3 is 5.97 Å². The van der Waals surface area contributed by atoms with Gasteiger partial charge in [-0.15, -0.1) is 0 Å². The second-order valence-electron chi connectivity index (χ2n) is 11.2. The fourth-order valence-corrected chi connectivity index (χ4v) is 4.99. The molecule has 0 fully saturated rings. The number of esters is 1. The number of aromatic hydroxyl groups is 4. The van der Waals surface area contributed by atoms with Crippen molar-refractivity contribution in [3.05, 3.63) is 125 Å². The molecule has 0 aliphatic heterocycles. The summed E-state index contributed by atoms with van der Waals surface area (Å²) in [6.07, 6.45) is 3.40. The number of benzene rings is 4. The quantitative estimate of drug-likeness (QED) is 0.0735. The van der Waals surface area contributed by atoms with Gasteiger partial charge in [-0.25, -0.2) is 9.48 Å². The van der Waals surface area contributed by atoms with E-state index in [-0.39, 0.29) is 70.2 Å². The summed E-state index contributed by atoms with van der Waals surface area (Å²) in [6, 6.07) is 27.1. The van der Waals surface area contributed by atoms with Gasteiger partial charge in [-0.3, -0.25) is 9.98 Å². The summed E-state index contributed by atoms with van der Waals surface area (Å²) in [7, 11) is 1.55. The topological polar surface area (TPSA) is 197 Å². The third-order valence-corrected chi connectivity index (χ3v) is 7.78. The number of rotatable bonds is 11. The van der Waals surface area contributed by atoms with Crippen LogP contribution in [0.5, 0.6) is 29.0 Å². The van der Waals surface area contributed by atoms with Crippen molar-refractivity contribution in [1.82, 2.24) is 19.6 Å². The zero-order chi connectivity index (χ0) is 37.9. The largest absolute Gasteiger partial charge is 0.506 e. The van der Waals surface area contributed by atoms with E-state index in [4.69, 9.17) is 14.6 Å². The van der Waals surface area contributed by atoms with Gasteiger partial charge in [0.05, 0.1) is 48.5 Å². The number of phenolic OH excluding ortho intramolecular Hbond substituents is 2. The maximum Gasteiger partial charge on any atom is 0.359 e. The molecule has 0 amide bonds. The first-order valence-electron chi connectivity index (χ1n) is 16.5. The fourth-order valence-electron chi connectivity index (χ4n) is 4.99. The molecule has 54 heavy (non-hydrogen) atoms. The predicted octanol–water partition coefficient (Wildman–Crippen LogP) is 6.31. The van der Waals surface area contributed by atoms with Gasteiger partial charge in [0.1, 0.15) is 28.6 Å². The predicted molar refractivity (Wildman–Crippen MR) is 199 cm³/mol. The molecule has 15 heteroatoms. The zero-order valence-corrected chi connectivity index (χ0v) is 30.5. The number of methoxy groups -OCH3 is 1. The van der Waals surface area contributed by atoms with Crippen LogP contribution in [0.2, 0.25) is 0 Å². The van der Waals surface area contributed by atoms with E-state index in [9.17, 15) is 25.2 Å². The molecule has 0 atom stereocenters. The van der Waals surface area contributed by atoms with Crippen molar-refractivity contribution < 1.29 is 56.6 Å². The van der Waals surface area contributed by atoms with Crippen LogP contribution in [0.1, 0.15) is 46.7 Å². The molecule has 2 aromatic heterocycles. The normalized spacial score (nSPS) is 10.9. The first-order chi connectivity index (χ1) is 25.7. The number of aliphatic hydroxyl groups is 1. The second kappa shape index (κ2) is 18.9. The number of carbonyl (C=O) groups is 1. The first kappa shape index (κ1) is 40.3. The Morgan fingerprint density at radius 3 is 1.72 bits per heavy atom. The van der Waals surface area contributed by atoms with Gasteiger partial charge in [-0.05, 0) is 79.6 Å². The smallest absolute Gasteiger partial charge is 0.359 e. The number of aliphatic hydroxyl groups excluding tert-OH is 1. The maximum absolute atomic E-state index is 12.3. The van der Waals surface area contributed by atoms with Gasteiger partial charge in [0, 0.05) is 29.2 Å². The summed E-state index contributed by atoms with van der Waals surface area (Å²) in [5.41, 5.74) is 3.90. The second-order valence-corrected chi connectivity index (χ2v) is 11.2. The summed E-state index contributed by atoms with van der Waals surface area (Å²) in [4.78, 5) is 20.7. The monoisotopic (exact) mass is 777 g/mol. The van der Waals surface area contributed by atoms with Gasteiger partial charge < -0.3 is 35.0 Å². The number of hydrogen-bond acceptors (Lipinski definition) is 12. The fraction of sp³-hybridized carbons (Fsp3) is 0.154. The Bertz CT molecular complexity index is 2230. The van der Waals surface area contributed by atoms with E-state index in [1.54, 1.807) is 105 Å². The van der Waals surface area contributed by atoms with Crippen molar-refractivity contribution in [3.8, 4) is 40.4 Å². The van der Waals surface area contributed by atoms with Crippen LogP contribution >= 0.6 is 0 Å². The molecule has 0 aliphatic carbocycles. The van der Waals surface area contributed by atoms with Gasteiger partial charge in [-0.2, -0.15) is 14.9 Å². The molecule has 6 rings (SSSR count). The van der Waals surface area contributed by atoms with Crippen LogP contribution in [0, 0.1) is 0 Å². The van der Waals surface area contributed by atoms with E-state index >= 15 is 0 Å². The summed E-state index contributed by atoms with van der Waals surface area (Å²) < 4.78 is 12.8. The van der Waals surface area contributed by atoms with Gasteiger partial charge in [0.2, 0.25) is 11.8 Å². The van der Waals surface area contributed by atoms with E-state index in [1.807, 2.05) is 6.92 Å². The van der Waals surface area contributed by atoms with Crippen molar-refractivity contribution in [3.63, 3.8) is 0 Å². The summed E-state index contributed by atoms with van der Waals surface area (Å²) in [5, 5.41) is 58.6. The Morgan fingerprint density at radius 2 is 1.22 bits per heavy atom. The van der Waals surface area contributed by atoms with Crippen LogP contribution in [0.3, 0.4) is 0 Å². The van der Waals surface area contributed by atoms with E-state index in [0.29, 0.717) is 40.5 Å². The molecule has 0 spiro atoms. The minimum Gasteiger partial charge on any atom is -0.506 e. The van der Waals surface area contributed by atoms with Crippen LogP contribution in [-0.2, 0) is 34.5 Å². The first-order valence-corrected chi connectivity index (χ1v) is 16.5. The number of nitrogens with zero attached hydrogens (tertiary/aromatic N) is 6. The maximum atomic E-state index is 12.3. The zero-order valence-electron chi connectivity index (χ0n) is 29.5. The minimum absolute atomic E-state index is 0. The minimum atomic E-state index is -0.691. The van der Waals surface area contributed by atoms with E-state index in [0.717, 1.165) is 5.56 Å². The molecule has 281 valence electrons. The van der Waals surface area contributed by atoms with Crippen LogP contribution in [-0.4, -0.2) is 77.2 Å². The Hall–Kier alpha value is -6.42. The number of aryl methyl sites for hydroxylation is 1.